The van der Waals surface area contributed by atoms with E-state index in [-0.39, 0.29) is 39.0 Å². The van der Waals surface area contributed by atoms with Crippen molar-refractivity contribution in [2.75, 3.05) is 38.7 Å². The van der Waals surface area contributed by atoms with Crippen LogP contribution in [0.4, 0.5) is 0 Å². The first kappa shape index (κ1) is 32.7. The molecule has 0 radical (unpaired) electrons. The minimum atomic E-state index is -3.32. The van der Waals surface area contributed by atoms with E-state index in [1.54, 1.807) is 0 Å². The molecule has 7 aliphatic rings. The number of nitrogens with zero attached hydrogens (tertiary/aromatic N) is 3. The van der Waals surface area contributed by atoms with Crippen LogP contribution in [0.1, 0.15) is 115 Å². The Morgan fingerprint density at radius 2 is 1.52 bits per heavy atom. The fourth-order valence-corrected chi connectivity index (χ4v) is 10.9. The molecule has 6 unspecified atom stereocenters. The molecule has 0 aliphatic carbocycles. The van der Waals surface area contributed by atoms with Gasteiger partial charge in [0.05, 0.1) is 17.9 Å². The monoisotopic (exact) mass is 582 g/mol. The predicted octanol–water partition coefficient (Wildman–Crippen LogP) is 5.72. The summed E-state index contributed by atoms with van der Waals surface area (Å²) in [5, 5.41) is 6.26. The van der Waals surface area contributed by atoms with E-state index in [0.717, 1.165) is 58.5 Å². The first-order valence-electron chi connectivity index (χ1n) is 16.0. The summed E-state index contributed by atoms with van der Waals surface area (Å²) in [5.41, 5.74) is -0.612. The van der Waals surface area contributed by atoms with E-state index in [0.29, 0.717) is 18.5 Å². The molecular formula is C32H62N4O3S. The van der Waals surface area contributed by atoms with E-state index in [9.17, 15) is 8.42 Å². The Bertz CT molecular complexity index is 1020. The topological polar surface area (TPSA) is 65.1 Å². The molecule has 7 nitrogen and oxygen atoms in total. The summed E-state index contributed by atoms with van der Waals surface area (Å²) in [6.45, 7) is 31.9. The average Bonchev–Trinajstić information content (AvgIpc) is 2.85. The smallest absolute Gasteiger partial charge is 0.214 e. The molecule has 4 bridgehead atoms. The highest BCUT2D eigenvalue weighted by atomic mass is 32.2. The van der Waals surface area contributed by atoms with Crippen LogP contribution in [0.25, 0.3) is 0 Å². The second-order valence-electron chi connectivity index (χ2n) is 17.1. The Kier molecular flexibility index (Phi) is 8.52. The summed E-state index contributed by atoms with van der Waals surface area (Å²) in [7, 11) is -3.32. The van der Waals surface area contributed by atoms with Crippen LogP contribution in [0.2, 0.25) is 0 Å². The summed E-state index contributed by atoms with van der Waals surface area (Å²) in [6.07, 6.45) is 4.89. The lowest BCUT2D eigenvalue weighted by Crippen LogP contribution is -2.73. The van der Waals surface area contributed by atoms with Crippen LogP contribution in [0, 0.1) is 28.1 Å². The molecule has 7 fully saturated rings. The molecule has 7 saturated heterocycles. The number of rotatable bonds is 4. The molecule has 7 rings (SSSR count). The van der Waals surface area contributed by atoms with Crippen molar-refractivity contribution in [3.05, 3.63) is 0 Å². The third kappa shape index (κ3) is 5.45. The first-order chi connectivity index (χ1) is 18.1. The van der Waals surface area contributed by atoms with Gasteiger partial charge in [-0.1, -0.05) is 48.5 Å². The van der Waals surface area contributed by atoms with Gasteiger partial charge >= 0.3 is 0 Å². The van der Waals surface area contributed by atoms with Crippen molar-refractivity contribution in [2.45, 2.75) is 138 Å². The molecule has 0 spiro atoms. The number of hydrogen-bond donors (Lipinski definition) is 1. The van der Waals surface area contributed by atoms with Crippen molar-refractivity contribution in [3.63, 3.8) is 0 Å². The van der Waals surface area contributed by atoms with Gasteiger partial charge < -0.3 is 5.32 Å². The van der Waals surface area contributed by atoms with Crippen LogP contribution in [0.15, 0.2) is 0 Å². The SMILES string of the molecule is CC(C)(C)C1CCN(C(C)(C)CCC2(C)N3CCC(NC3)C(C)(C)C(C)(C)C3CCN(OC3)C2(C)C)S(=O)(=O)C1. The lowest BCUT2D eigenvalue weighted by molar-refractivity contribution is -0.290. The van der Waals surface area contributed by atoms with Gasteiger partial charge in [0.15, 0.2) is 0 Å². The van der Waals surface area contributed by atoms with Crippen LogP contribution in [-0.4, -0.2) is 84.0 Å². The van der Waals surface area contributed by atoms with Crippen LogP contribution < -0.4 is 5.32 Å². The molecule has 0 saturated carbocycles. The molecule has 7 heterocycles. The van der Waals surface area contributed by atoms with Gasteiger partial charge in [-0.05, 0) is 94.8 Å². The maximum atomic E-state index is 13.6. The predicted molar refractivity (Wildman–Crippen MR) is 165 cm³/mol. The van der Waals surface area contributed by atoms with Gasteiger partial charge in [-0.3, -0.25) is 9.74 Å². The van der Waals surface area contributed by atoms with E-state index in [4.69, 9.17) is 4.84 Å². The summed E-state index contributed by atoms with van der Waals surface area (Å²) in [4.78, 5) is 9.31. The van der Waals surface area contributed by atoms with E-state index in [1.807, 2.05) is 4.31 Å². The van der Waals surface area contributed by atoms with Crippen molar-refractivity contribution >= 4 is 10.0 Å². The standard InChI is InChI=1S/C32H62N4O3S/c1-27(2,3)25-14-20-36(40(37,38)22-25)28(4,5)16-17-32(12)31(10,11)35-19-13-24(21-39-35)29(6,7)30(8,9)26-15-18-34(32)23-33-26/h24-26,33H,13-23H2,1-12H3. The zero-order valence-corrected chi connectivity index (χ0v) is 28.8. The van der Waals surface area contributed by atoms with Gasteiger partial charge in [-0.15, -0.1) is 0 Å². The highest BCUT2D eigenvalue weighted by molar-refractivity contribution is 7.89. The Hall–Kier alpha value is -0.250. The lowest BCUT2D eigenvalue weighted by Gasteiger charge is -2.62. The minimum Gasteiger partial charge on any atom is -0.301 e. The number of nitrogens with one attached hydrogen (secondary N) is 1. The maximum Gasteiger partial charge on any atom is 0.214 e. The Morgan fingerprint density at radius 1 is 0.875 bits per heavy atom. The van der Waals surface area contributed by atoms with Crippen molar-refractivity contribution in [1.82, 2.24) is 19.6 Å². The molecule has 234 valence electrons. The van der Waals surface area contributed by atoms with E-state index in [2.05, 4.69) is 98.4 Å². The van der Waals surface area contributed by atoms with E-state index in [1.165, 1.54) is 0 Å². The van der Waals surface area contributed by atoms with Crippen LogP contribution in [-0.2, 0) is 14.9 Å². The van der Waals surface area contributed by atoms with Crippen molar-refractivity contribution in [2.24, 2.45) is 28.1 Å². The molecule has 0 aromatic rings. The molecule has 7 aliphatic heterocycles. The quantitative estimate of drug-likeness (QED) is 0.457. The van der Waals surface area contributed by atoms with Crippen LogP contribution >= 0.6 is 0 Å². The number of hydrogen-bond acceptors (Lipinski definition) is 6. The van der Waals surface area contributed by atoms with Gasteiger partial charge in [0.25, 0.3) is 0 Å². The highest BCUT2D eigenvalue weighted by Crippen LogP contribution is 2.52. The second kappa shape index (κ2) is 10.4. The van der Waals surface area contributed by atoms with Crippen LogP contribution in [0.3, 0.4) is 0 Å². The number of hydroxylamine groups is 2. The summed E-state index contributed by atoms with van der Waals surface area (Å²) in [5.74, 6) is 0.976. The second-order valence-corrected chi connectivity index (χ2v) is 19.1. The molecular weight excluding hydrogens is 520 g/mol. The Morgan fingerprint density at radius 3 is 2.02 bits per heavy atom. The van der Waals surface area contributed by atoms with Crippen molar-refractivity contribution < 1.29 is 13.3 Å². The summed E-state index contributed by atoms with van der Waals surface area (Å²) < 4.78 is 29.1. The van der Waals surface area contributed by atoms with Gasteiger partial charge in [0.2, 0.25) is 10.0 Å². The van der Waals surface area contributed by atoms with Gasteiger partial charge in [0, 0.05) is 43.4 Å². The first-order valence-corrected chi connectivity index (χ1v) is 17.6. The third-order valence-electron chi connectivity index (χ3n) is 13.1. The lowest BCUT2D eigenvalue weighted by atomic mass is 9.56. The minimum absolute atomic E-state index is 0.00479. The molecule has 40 heavy (non-hydrogen) atoms. The van der Waals surface area contributed by atoms with Crippen molar-refractivity contribution in [1.29, 1.82) is 0 Å². The fraction of sp³-hybridized carbons (Fsp3) is 1.00. The maximum absolute atomic E-state index is 13.6. The van der Waals surface area contributed by atoms with Gasteiger partial charge in [-0.25, -0.2) is 8.42 Å². The van der Waals surface area contributed by atoms with E-state index < -0.39 is 15.6 Å². The highest BCUT2D eigenvalue weighted by Gasteiger charge is 2.56. The number of sulfonamides is 1. The van der Waals surface area contributed by atoms with E-state index >= 15 is 0 Å². The largest absolute Gasteiger partial charge is 0.301 e. The summed E-state index contributed by atoms with van der Waals surface area (Å²) >= 11 is 0. The van der Waals surface area contributed by atoms with Crippen molar-refractivity contribution in [3.8, 4) is 0 Å². The molecule has 1 N–H and O–H groups in total. The van der Waals surface area contributed by atoms with Gasteiger partial charge in [-0.2, -0.15) is 9.37 Å². The fourth-order valence-electron chi connectivity index (χ4n) is 8.31. The average molecular weight is 583 g/mol. The van der Waals surface area contributed by atoms with Crippen LogP contribution in [0.5, 0.6) is 0 Å². The third-order valence-corrected chi connectivity index (χ3v) is 15.2. The molecule has 0 amide bonds. The zero-order chi connectivity index (χ0) is 30.2. The molecule has 8 heteroatoms. The Labute approximate surface area is 247 Å². The Balaban J connectivity index is 1.61. The molecule has 6 atom stereocenters. The summed E-state index contributed by atoms with van der Waals surface area (Å²) in [6, 6.07) is 0.453. The molecule has 0 aromatic carbocycles. The normalized spacial score (nSPS) is 39.9. The van der Waals surface area contributed by atoms with Gasteiger partial charge in [0.1, 0.15) is 0 Å². The molecule has 0 aromatic heterocycles. The zero-order valence-electron chi connectivity index (χ0n) is 28.0.